The lowest BCUT2D eigenvalue weighted by atomic mass is 9.99. The fourth-order valence-corrected chi connectivity index (χ4v) is 4.03. The van der Waals surface area contributed by atoms with E-state index in [2.05, 4.69) is 11.9 Å². The normalized spacial score (nSPS) is 30.0. The monoisotopic (exact) mass is 435 g/mol. The van der Waals surface area contributed by atoms with Gasteiger partial charge in [-0.2, -0.15) is 0 Å². The number of carbonyl (C=O) groups is 1. The van der Waals surface area contributed by atoms with Crippen molar-refractivity contribution >= 4 is 23.4 Å². The first kappa shape index (κ1) is 24.5. The number of aliphatic hydroxyl groups is 3. The number of aliphatic hydroxyl groups excluding tert-OH is 3. The average molecular weight is 436 g/mol. The maximum Gasteiger partial charge on any atom is 0.336 e. The molecule has 4 atom stereocenters. The van der Waals surface area contributed by atoms with Crippen molar-refractivity contribution in [1.29, 1.82) is 0 Å². The molecule has 0 amide bonds. The standard InChI is InChI=1S/C23H33NO5S/c1-3-4-5-7-10-17-13-18-15-30-22(24-18)16(2)20(26)14-19(25)11-8-6-9-12-21(27)29-23(17)28/h6,8-9,11,13,15-16,19-21,25-27H,3-5,7,10,12,14H2,1-2H3/b9-6-,11-8-,17-13-/t16-,19-,20+,21+/m0/s1. The highest BCUT2D eigenvalue weighted by Crippen LogP contribution is 2.27. The Morgan fingerprint density at radius 3 is 2.77 bits per heavy atom. The van der Waals surface area contributed by atoms with Gasteiger partial charge in [0.05, 0.1) is 22.9 Å². The third-order valence-electron chi connectivity index (χ3n) is 5.03. The number of esters is 1. The molecule has 1 aromatic heterocycles. The van der Waals surface area contributed by atoms with Crippen molar-refractivity contribution in [2.75, 3.05) is 0 Å². The lowest BCUT2D eigenvalue weighted by molar-refractivity contribution is -0.162. The molecule has 1 aromatic rings. The predicted octanol–water partition coefficient (Wildman–Crippen LogP) is 4.09. The van der Waals surface area contributed by atoms with Crippen LogP contribution in [0.1, 0.15) is 75.4 Å². The summed E-state index contributed by atoms with van der Waals surface area (Å²) in [5.74, 6) is -0.779. The number of unbranched alkanes of at least 4 members (excludes halogenated alkanes) is 3. The summed E-state index contributed by atoms with van der Waals surface area (Å²) in [5.41, 5.74) is 1.12. The average Bonchev–Trinajstić information content (AvgIpc) is 3.17. The molecule has 0 aliphatic carbocycles. The zero-order chi connectivity index (χ0) is 21.9. The van der Waals surface area contributed by atoms with Crippen molar-refractivity contribution in [3.05, 3.63) is 46.0 Å². The van der Waals surface area contributed by atoms with E-state index in [-0.39, 0.29) is 18.8 Å². The quantitative estimate of drug-likeness (QED) is 0.476. The SMILES string of the molecule is CCCCCC/C1=C/c2csc(n2)[C@@H](C)[C@H](O)C[C@@H](O)/C=C\C=C/C[C@H](O)OC1=O. The third-order valence-corrected chi connectivity index (χ3v) is 6.10. The summed E-state index contributed by atoms with van der Waals surface area (Å²) in [6.45, 7) is 4.00. The topological polar surface area (TPSA) is 99.9 Å². The van der Waals surface area contributed by atoms with Gasteiger partial charge in [0.1, 0.15) is 0 Å². The molecule has 2 bridgehead atoms. The molecule has 0 unspecified atom stereocenters. The van der Waals surface area contributed by atoms with E-state index in [1.165, 1.54) is 11.3 Å². The second kappa shape index (κ2) is 12.8. The van der Waals surface area contributed by atoms with Gasteiger partial charge in [-0.15, -0.1) is 11.3 Å². The van der Waals surface area contributed by atoms with Crippen LogP contribution in [0.2, 0.25) is 0 Å². The van der Waals surface area contributed by atoms with E-state index in [0.29, 0.717) is 17.7 Å². The van der Waals surface area contributed by atoms with Crippen LogP contribution in [0.15, 0.2) is 35.3 Å². The van der Waals surface area contributed by atoms with E-state index < -0.39 is 24.5 Å². The fourth-order valence-electron chi connectivity index (χ4n) is 3.14. The summed E-state index contributed by atoms with van der Waals surface area (Å²) in [5, 5.41) is 33.2. The molecule has 6 nitrogen and oxygen atoms in total. The molecule has 0 radical (unpaired) electrons. The Labute approximate surface area is 182 Å². The summed E-state index contributed by atoms with van der Waals surface area (Å²) in [4.78, 5) is 17.2. The van der Waals surface area contributed by atoms with Gasteiger partial charge in [0.25, 0.3) is 0 Å². The Morgan fingerprint density at radius 2 is 2.00 bits per heavy atom. The number of allylic oxidation sites excluding steroid dienone is 2. The maximum absolute atomic E-state index is 12.6. The lowest BCUT2D eigenvalue weighted by Gasteiger charge is -2.18. The predicted molar refractivity (Wildman–Crippen MR) is 119 cm³/mol. The van der Waals surface area contributed by atoms with E-state index in [1.807, 2.05) is 12.3 Å². The Hall–Kier alpha value is -1.80. The van der Waals surface area contributed by atoms with Gasteiger partial charge in [-0.25, -0.2) is 9.78 Å². The van der Waals surface area contributed by atoms with E-state index in [9.17, 15) is 20.1 Å². The molecule has 30 heavy (non-hydrogen) atoms. The number of carbonyl (C=O) groups excluding carboxylic acids is 1. The van der Waals surface area contributed by atoms with Gasteiger partial charge in [0.2, 0.25) is 6.29 Å². The van der Waals surface area contributed by atoms with Crippen LogP contribution in [0.4, 0.5) is 0 Å². The van der Waals surface area contributed by atoms with Crippen molar-refractivity contribution in [1.82, 2.24) is 4.98 Å². The van der Waals surface area contributed by atoms with Crippen LogP contribution in [0, 0.1) is 0 Å². The first-order valence-corrected chi connectivity index (χ1v) is 11.5. The minimum Gasteiger partial charge on any atom is -0.432 e. The molecular formula is C23H33NO5S. The summed E-state index contributed by atoms with van der Waals surface area (Å²) in [6, 6.07) is 0. The minimum absolute atomic E-state index is 0.149. The number of aromatic nitrogens is 1. The number of cyclic esters (lactones) is 1. The summed E-state index contributed by atoms with van der Waals surface area (Å²) < 4.78 is 5.21. The second-order valence-electron chi connectivity index (χ2n) is 7.66. The highest BCUT2D eigenvalue weighted by Gasteiger charge is 2.22. The van der Waals surface area contributed by atoms with E-state index >= 15 is 0 Å². The molecule has 1 aliphatic heterocycles. The Balaban J connectivity index is 2.27. The molecule has 0 saturated carbocycles. The van der Waals surface area contributed by atoms with Crippen LogP contribution in [0.5, 0.6) is 0 Å². The molecule has 1 aliphatic rings. The van der Waals surface area contributed by atoms with Gasteiger partial charge in [0.15, 0.2) is 0 Å². The minimum atomic E-state index is -1.24. The van der Waals surface area contributed by atoms with Gasteiger partial charge in [-0.3, -0.25) is 0 Å². The van der Waals surface area contributed by atoms with E-state index in [1.54, 1.807) is 30.4 Å². The molecule has 0 aromatic carbocycles. The molecule has 166 valence electrons. The van der Waals surface area contributed by atoms with Crippen molar-refractivity contribution in [2.45, 2.75) is 83.2 Å². The number of thiazole rings is 1. The van der Waals surface area contributed by atoms with Crippen molar-refractivity contribution in [3.63, 3.8) is 0 Å². The Bertz CT molecular complexity index is 755. The second-order valence-corrected chi connectivity index (χ2v) is 8.55. The van der Waals surface area contributed by atoms with Gasteiger partial charge in [0, 0.05) is 29.7 Å². The molecular weight excluding hydrogens is 402 g/mol. The number of ether oxygens (including phenoxy) is 1. The number of hydrogen-bond acceptors (Lipinski definition) is 7. The summed E-state index contributed by atoms with van der Waals surface area (Å²) in [7, 11) is 0. The highest BCUT2D eigenvalue weighted by molar-refractivity contribution is 7.09. The molecule has 2 heterocycles. The third kappa shape index (κ3) is 8.14. The van der Waals surface area contributed by atoms with Crippen LogP contribution in [-0.2, 0) is 9.53 Å². The zero-order valence-electron chi connectivity index (χ0n) is 17.7. The van der Waals surface area contributed by atoms with Gasteiger partial charge < -0.3 is 20.1 Å². The van der Waals surface area contributed by atoms with Crippen LogP contribution >= 0.6 is 11.3 Å². The fraction of sp³-hybridized carbons (Fsp3) is 0.565. The number of fused-ring (bicyclic) bond motifs is 2. The molecule has 2 rings (SSSR count). The van der Waals surface area contributed by atoms with E-state index in [4.69, 9.17) is 4.74 Å². The van der Waals surface area contributed by atoms with Crippen molar-refractivity contribution in [2.24, 2.45) is 0 Å². The van der Waals surface area contributed by atoms with Crippen LogP contribution < -0.4 is 0 Å². The number of nitrogens with zero attached hydrogens (tertiary/aromatic N) is 1. The largest absolute Gasteiger partial charge is 0.432 e. The number of hydrogen-bond donors (Lipinski definition) is 3. The smallest absolute Gasteiger partial charge is 0.336 e. The van der Waals surface area contributed by atoms with Crippen molar-refractivity contribution < 1.29 is 24.9 Å². The summed E-state index contributed by atoms with van der Waals surface area (Å²) in [6.07, 6.45) is 10.5. The molecule has 0 fully saturated rings. The lowest BCUT2D eigenvalue weighted by Crippen LogP contribution is -2.21. The van der Waals surface area contributed by atoms with Gasteiger partial charge in [-0.05, 0) is 18.9 Å². The summed E-state index contributed by atoms with van der Waals surface area (Å²) >= 11 is 1.41. The Kier molecular flexibility index (Phi) is 10.4. The van der Waals surface area contributed by atoms with E-state index in [0.717, 1.165) is 30.7 Å². The number of rotatable bonds is 5. The molecule has 0 spiro atoms. The van der Waals surface area contributed by atoms with Gasteiger partial charge >= 0.3 is 5.97 Å². The Morgan fingerprint density at radius 1 is 1.20 bits per heavy atom. The molecule has 7 heteroatoms. The maximum atomic E-state index is 12.6. The highest BCUT2D eigenvalue weighted by atomic mass is 32.1. The first-order chi connectivity index (χ1) is 14.4. The zero-order valence-corrected chi connectivity index (χ0v) is 18.6. The molecule has 0 saturated heterocycles. The molecule has 3 N–H and O–H groups in total. The van der Waals surface area contributed by atoms with Crippen LogP contribution in [0.3, 0.4) is 0 Å². The van der Waals surface area contributed by atoms with Crippen LogP contribution in [-0.4, -0.2) is 44.8 Å². The van der Waals surface area contributed by atoms with Crippen LogP contribution in [0.25, 0.3) is 6.08 Å². The van der Waals surface area contributed by atoms with Crippen molar-refractivity contribution in [3.8, 4) is 0 Å². The first-order valence-electron chi connectivity index (χ1n) is 10.6. The van der Waals surface area contributed by atoms with Gasteiger partial charge in [-0.1, -0.05) is 57.4 Å².